The summed E-state index contributed by atoms with van der Waals surface area (Å²) in [7, 11) is -3.49. The zero-order valence-corrected chi connectivity index (χ0v) is 15.2. The number of sulfonamides is 1. The van der Waals surface area contributed by atoms with Crippen LogP contribution in [0.2, 0.25) is 5.02 Å². The molecule has 3 nitrogen and oxygen atoms in total. The Morgan fingerprint density at radius 3 is 2.67 bits per heavy atom. The first-order chi connectivity index (χ1) is 9.76. The summed E-state index contributed by atoms with van der Waals surface area (Å²) < 4.78 is 27.1. The number of rotatable bonds is 3. The van der Waals surface area contributed by atoms with E-state index in [0.29, 0.717) is 18.1 Å². The summed E-state index contributed by atoms with van der Waals surface area (Å²) in [6, 6.07) is 4.76. The molecule has 2 rings (SSSR count). The van der Waals surface area contributed by atoms with Crippen LogP contribution in [0.25, 0.3) is 0 Å². The van der Waals surface area contributed by atoms with Gasteiger partial charge in [0.1, 0.15) is 0 Å². The maximum Gasteiger partial charge on any atom is 0.243 e. The fourth-order valence-electron chi connectivity index (χ4n) is 2.19. The molecule has 1 heterocycles. The molecule has 1 aromatic carbocycles. The summed E-state index contributed by atoms with van der Waals surface area (Å²) in [5.41, 5.74) is 0.741. The summed E-state index contributed by atoms with van der Waals surface area (Å²) >= 11 is 13.6. The fraction of sp³-hybridized carbons (Fsp3) is 0.571. The number of hydrogen-bond donors (Lipinski definition) is 0. The minimum absolute atomic E-state index is 0.115. The number of alkyl halides is 1. The Bertz CT molecular complexity index is 617. The van der Waals surface area contributed by atoms with Crippen LogP contribution in [0, 0.1) is 0 Å². The average molecular weight is 368 g/mol. The van der Waals surface area contributed by atoms with Crippen LogP contribution in [0.3, 0.4) is 0 Å². The van der Waals surface area contributed by atoms with Crippen LogP contribution in [0.15, 0.2) is 23.1 Å². The van der Waals surface area contributed by atoms with Gasteiger partial charge in [-0.05, 0) is 24.1 Å². The molecule has 7 heteroatoms. The first-order valence-electron chi connectivity index (χ1n) is 6.75. The van der Waals surface area contributed by atoms with Crippen LogP contribution >= 0.6 is 35.0 Å². The lowest BCUT2D eigenvalue weighted by atomic mass is 10.1. The van der Waals surface area contributed by atoms with Gasteiger partial charge in [-0.1, -0.05) is 31.5 Å². The van der Waals surface area contributed by atoms with Gasteiger partial charge in [-0.15, -0.1) is 11.6 Å². The number of nitrogens with zero attached hydrogens (tertiary/aromatic N) is 1. The molecule has 1 aliphatic rings. The van der Waals surface area contributed by atoms with Crippen molar-refractivity contribution in [2.24, 2.45) is 0 Å². The van der Waals surface area contributed by atoms with Crippen LogP contribution in [-0.2, 0) is 15.9 Å². The highest BCUT2D eigenvalue weighted by Gasteiger charge is 2.31. The quantitative estimate of drug-likeness (QED) is 0.758. The Labute approximate surface area is 141 Å². The van der Waals surface area contributed by atoms with Gasteiger partial charge in [0.15, 0.2) is 0 Å². The molecule has 0 amide bonds. The largest absolute Gasteiger partial charge is 0.243 e. The third kappa shape index (κ3) is 4.08. The van der Waals surface area contributed by atoms with E-state index in [9.17, 15) is 8.42 Å². The molecule has 1 aromatic rings. The predicted octanol–water partition coefficient (Wildman–Crippen LogP) is 3.99. The van der Waals surface area contributed by atoms with Crippen LogP contribution < -0.4 is 0 Å². The third-order valence-corrected chi connectivity index (χ3v) is 7.51. The molecule has 0 saturated carbocycles. The van der Waals surface area contributed by atoms with Gasteiger partial charge in [-0.3, -0.25) is 0 Å². The predicted molar refractivity (Wildman–Crippen MR) is 90.9 cm³/mol. The van der Waals surface area contributed by atoms with E-state index in [1.807, 2.05) is 11.8 Å². The Balaban J connectivity index is 2.27. The second-order valence-electron chi connectivity index (χ2n) is 5.65. The van der Waals surface area contributed by atoms with E-state index in [4.69, 9.17) is 23.2 Å². The van der Waals surface area contributed by atoms with Gasteiger partial charge >= 0.3 is 0 Å². The molecule has 1 saturated heterocycles. The SMILES string of the molecule is CC1(C)CCN(S(=O)(=O)c2ccc(CCl)c(Cl)c2)CCS1. The Kier molecular flexibility index (Phi) is 5.53. The molecule has 0 bridgehead atoms. The first kappa shape index (κ1) is 17.4. The van der Waals surface area contributed by atoms with Crippen molar-refractivity contribution in [3.05, 3.63) is 28.8 Å². The lowest BCUT2D eigenvalue weighted by Gasteiger charge is -2.22. The van der Waals surface area contributed by atoms with Gasteiger partial charge in [-0.25, -0.2) is 8.42 Å². The summed E-state index contributed by atoms with van der Waals surface area (Å²) in [4.78, 5) is 0.242. The van der Waals surface area contributed by atoms with E-state index in [2.05, 4.69) is 13.8 Å². The number of hydrogen-bond acceptors (Lipinski definition) is 3. The highest BCUT2D eigenvalue weighted by Crippen LogP contribution is 2.33. The van der Waals surface area contributed by atoms with Crippen molar-refractivity contribution >= 4 is 45.0 Å². The van der Waals surface area contributed by atoms with E-state index >= 15 is 0 Å². The van der Waals surface area contributed by atoms with E-state index in [1.54, 1.807) is 16.4 Å². The molecule has 0 spiro atoms. The Morgan fingerprint density at radius 2 is 2.05 bits per heavy atom. The molecule has 0 aromatic heterocycles. The second-order valence-corrected chi connectivity index (χ2v) is 10.1. The fourth-order valence-corrected chi connectivity index (χ4v) is 5.49. The van der Waals surface area contributed by atoms with Gasteiger partial charge < -0.3 is 0 Å². The van der Waals surface area contributed by atoms with Gasteiger partial charge in [0.2, 0.25) is 10.0 Å². The maximum atomic E-state index is 12.7. The monoisotopic (exact) mass is 367 g/mol. The first-order valence-corrected chi connectivity index (χ1v) is 10.1. The lowest BCUT2D eigenvalue weighted by Crippen LogP contribution is -2.33. The highest BCUT2D eigenvalue weighted by atomic mass is 35.5. The Hall–Kier alpha value is 0.0600. The molecule has 1 fully saturated rings. The molecule has 0 atom stereocenters. The van der Waals surface area contributed by atoms with Crippen molar-refractivity contribution in [1.82, 2.24) is 4.31 Å². The number of thioether (sulfide) groups is 1. The third-order valence-electron chi connectivity index (χ3n) is 3.60. The van der Waals surface area contributed by atoms with Crippen molar-refractivity contribution in [3.63, 3.8) is 0 Å². The minimum atomic E-state index is -3.49. The van der Waals surface area contributed by atoms with Crippen molar-refractivity contribution in [1.29, 1.82) is 0 Å². The van der Waals surface area contributed by atoms with Gasteiger partial charge in [0, 0.05) is 34.5 Å². The topological polar surface area (TPSA) is 37.4 Å². The van der Waals surface area contributed by atoms with Crippen molar-refractivity contribution in [2.75, 3.05) is 18.8 Å². The van der Waals surface area contributed by atoms with Crippen LogP contribution in [0.4, 0.5) is 0 Å². The molecular formula is C14H19Cl2NO2S2. The smallest absolute Gasteiger partial charge is 0.207 e. The summed E-state index contributed by atoms with van der Waals surface area (Å²) in [5.74, 6) is 1.08. The van der Waals surface area contributed by atoms with Crippen LogP contribution in [0.1, 0.15) is 25.8 Å². The van der Waals surface area contributed by atoms with Crippen molar-refractivity contribution < 1.29 is 8.42 Å². The van der Waals surface area contributed by atoms with Gasteiger partial charge in [0.05, 0.1) is 4.90 Å². The molecule has 118 valence electrons. The van der Waals surface area contributed by atoms with Crippen molar-refractivity contribution in [2.45, 2.75) is 35.8 Å². The molecular weight excluding hydrogens is 349 g/mol. The number of halogens is 2. The van der Waals surface area contributed by atoms with Crippen LogP contribution in [-0.4, -0.2) is 36.3 Å². The van der Waals surface area contributed by atoms with Crippen molar-refractivity contribution in [3.8, 4) is 0 Å². The van der Waals surface area contributed by atoms with E-state index in [1.165, 1.54) is 6.07 Å². The van der Waals surface area contributed by atoms with Gasteiger partial charge in [0.25, 0.3) is 0 Å². The van der Waals surface area contributed by atoms with Gasteiger partial charge in [-0.2, -0.15) is 16.1 Å². The Morgan fingerprint density at radius 1 is 1.33 bits per heavy atom. The van der Waals surface area contributed by atoms with E-state index < -0.39 is 10.0 Å². The van der Waals surface area contributed by atoms with E-state index in [-0.39, 0.29) is 15.5 Å². The lowest BCUT2D eigenvalue weighted by molar-refractivity contribution is 0.415. The molecule has 0 aliphatic carbocycles. The normalized spacial score (nSPS) is 20.2. The highest BCUT2D eigenvalue weighted by molar-refractivity contribution is 8.00. The van der Waals surface area contributed by atoms with E-state index in [0.717, 1.165) is 17.7 Å². The molecule has 21 heavy (non-hydrogen) atoms. The molecule has 1 aliphatic heterocycles. The molecule has 0 radical (unpaired) electrons. The average Bonchev–Trinajstić information content (AvgIpc) is 2.60. The standard InChI is InChI=1S/C14H19Cl2NO2S2/c1-14(2)5-6-17(7-8-20-14)21(18,19)12-4-3-11(10-15)13(16)9-12/h3-4,9H,5-8,10H2,1-2H3. The maximum absolute atomic E-state index is 12.7. The van der Waals surface area contributed by atoms with Crippen LogP contribution in [0.5, 0.6) is 0 Å². The number of benzene rings is 1. The second kappa shape index (κ2) is 6.67. The zero-order valence-electron chi connectivity index (χ0n) is 12.1. The summed E-state index contributed by atoms with van der Waals surface area (Å²) in [6.07, 6.45) is 0.838. The molecule has 0 unspecified atom stereocenters. The zero-order chi connectivity index (χ0) is 15.7. The molecule has 0 N–H and O–H groups in total. The summed E-state index contributed by atoms with van der Waals surface area (Å²) in [6.45, 7) is 5.38. The minimum Gasteiger partial charge on any atom is -0.207 e. The summed E-state index contributed by atoms with van der Waals surface area (Å²) in [5, 5.41) is 0.399.